The van der Waals surface area contributed by atoms with Crippen LogP contribution in [-0.2, 0) is 34.6 Å². The molecule has 0 bridgehead atoms. The lowest BCUT2D eigenvalue weighted by Crippen LogP contribution is -2.15. The van der Waals surface area contributed by atoms with Crippen molar-refractivity contribution in [3.8, 4) is 0 Å². The number of nitrogens with one attached hydrogen (secondary N) is 3. The average Bonchev–Trinajstić information content (AvgIpc) is 2.38. The lowest BCUT2D eigenvalue weighted by Gasteiger charge is -2.09. The smallest absolute Gasteiger partial charge is 0.300 e. The fourth-order valence-corrected chi connectivity index (χ4v) is 0.771. The van der Waals surface area contributed by atoms with Crippen LogP contribution >= 0.6 is 7.75 Å². The highest BCUT2D eigenvalue weighted by molar-refractivity contribution is 7.88. The van der Waals surface area contributed by atoms with E-state index in [1.807, 2.05) is 0 Å². The first-order chi connectivity index (χ1) is 8.51. The van der Waals surface area contributed by atoms with E-state index in [4.69, 9.17) is 0 Å². The zero-order valence-corrected chi connectivity index (χ0v) is 14.7. The molecule has 0 radical (unpaired) electrons. The molecule has 0 rings (SSSR count). The molecule has 9 nitrogen and oxygen atoms in total. The number of hydrogen-bond acceptors (Lipinski definition) is 6. The highest BCUT2D eigenvalue weighted by Crippen LogP contribution is 2.39. The molecule has 19 heavy (non-hydrogen) atoms. The predicted octanol–water partition coefficient (Wildman–Crippen LogP) is -0.729. The van der Waals surface area contributed by atoms with E-state index >= 15 is 0 Å². The van der Waals surface area contributed by atoms with Crippen molar-refractivity contribution < 1.29 is 26.2 Å². The largest absolute Gasteiger partial charge is 0.404 e. The van der Waals surface area contributed by atoms with E-state index in [0.29, 0.717) is 0 Å². The predicted molar refractivity (Wildman–Crippen MR) is 77.7 cm³/mol. The van der Waals surface area contributed by atoms with E-state index in [1.54, 1.807) is 13.3 Å². The first-order valence-electron chi connectivity index (χ1n) is 4.81. The van der Waals surface area contributed by atoms with Crippen LogP contribution < -0.4 is 14.5 Å². The Morgan fingerprint density at radius 2 is 1.37 bits per heavy atom. The maximum atomic E-state index is 10.8. The van der Waals surface area contributed by atoms with Crippen molar-refractivity contribution in [2.75, 3.05) is 47.9 Å². The van der Waals surface area contributed by atoms with Crippen LogP contribution in [0.3, 0.4) is 0 Å². The average molecular weight is 341 g/mol. The number of rotatable bonds is 5. The summed E-state index contributed by atoms with van der Waals surface area (Å²) in [5, 5.41) is 2.39. The molecule has 12 heteroatoms. The maximum absolute atomic E-state index is 10.8. The molecule has 0 aliphatic carbocycles. The molecule has 1 unspecified atom stereocenters. The topological polar surface area (TPSA) is 123 Å². The zero-order chi connectivity index (χ0) is 16.1. The van der Waals surface area contributed by atoms with Crippen molar-refractivity contribution in [1.82, 2.24) is 14.5 Å². The molecule has 1 atom stereocenters. The fraction of sp³-hybridized carbons (Fsp3) is 1.00. The first kappa shape index (κ1) is 24.2. The van der Waals surface area contributed by atoms with E-state index in [1.165, 1.54) is 28.3 Å². The molecule has 0 aromatic heterocycles. The Balaban J connectivity index is -0.000000209. The number of sulfonamides is 1. The monoisotopic (exact) mass is 341 g/mol. The summed E-state index contributed by atoms with van der Waals surface area (Å²) in [7, 11) is 0.521. The van der Waals surface area contributed by atoms with E-state index in [-0.39, 0.29) is 0 Å². The van der Waals surface area contributed by atoms with Gasteiger partial charge in [-0.25, -0.2) is 31.7 Å². The Morgan fingerprint density at radius 3 is 1.37 bits per heavy atom. The SMILES string of the molecule is CNP(=O)(OC)OC.CNS(C)(=O)=O.CNS(C)=O. The molecule has 3 N–H and O–H groups in total. The van der Waals surface area contributed by atoms with Gasteiger partial charge in [0.25, 0.3) is 0 Å². The quantitative estimate of drug-likeness (QED) is 0.563. The van der Waals surface area contributed by atoms with Gasteiger partial charge >= 0.3 is 7.75 Å². The van der Waals surface area contributed by atoms with Gasteiger partial charge in [-0.3, -0.25) is 0 Å². The van der Waals surface area contributed by atoms with Gasteiger partial charge in [-0.15, -0.1) is 0 Å². The summed E-state index contributed by atoms with van der Waals surface area (Å²) in [6.07, 6.45) is 2.69. The molecule has 0 aliphatic heterocycles. The minimum atomic E-state index is -2.91. The van der Waals surface area contributed by atoms with Crippen molar-refractivity contribution in [3.63, 3.8) is 0 Å². The summed E-state index contributed by atoms with van der Waals surface area (Å²) >= 11 is 0. The van der Waals surface area contributed by atoms with Crippen LogP contribution in [0, 0.1) is 0 Å². The van der Waals surface area contributed by atoms with E-state index in [2.05, 4.69) is 23.6 Å². The van der Waals surface area contributed by atoms with E-state index < -0.39 is 28.8 Å². The normalized spacial score (nSPS) is 12.6. The van der Waals surface area contributed by atoms with Crippen LogP contribution in [0.4, 0.5) is 0 Å². The van der Waals surface area contributed by atoms with Crippen molar-refractivity contribution in [2.45, 2.75) is 0 Å². The van der Waals surface area contributed by atoms with E-state index in [0.717, 1.165) is 6.26 Å². The third-order valence-electron chi connectivity index (χ3n) is 1.41. The van der Waals surface area contributed by atoms with Crippen LogP contribution in [0.25, 0.3) is 0 Å². The molecule has 0 aliphatic rings. The summed E-state index contributed by atoms with van der Waals surface area (Å²) in [5.74, 6) is 0. The molecule has 0 amide bonds. The molecule has 0 aromatic carbocycles. The van der Waals surface area contributed by atoms with Gasteiger partial charge in [0, 0.05) is 20.5 Å². The van der Waals surface area contributed by atoms with Gasteiger partial charge in [0.1, 0.15) is 0 Å². The summed E-state index contributed by atoms with van der Waals surface area (Å²) in [6, 6.07) is 0. The summed E-state index contributed by atoms with van der Waals surface area (Å²) in [5.41, 5.74) is 0. The molecule has 0 saturated heterocycles. The Kier molecular flexibility index (Phi) is 16.7. The standard InChI is InChI=1S/C3H10NO3P.C2H7NO2S.C2H7NOS/c1-4-8(5,6-2)7-3;1-3-6(2,4)5;1-3-5(2)4/h1-3H3,(H,4,5);3H,1-2H3;3H,1-2H3. The van der Waals surface area contributed by atoms with Crippen LogP contribution in [0.5, 0.6) is 0 Å². The lowest BCUT2D eigenvalue weighted by atomic mass is 11.6. The van der Waals surface area contributed by atoms with Crippen LogP contribution in [0.2, 0.25) is 0 Å². The minimum absolute atomic E-state index is 0.823. The van der Waals surface area contributed by atoms with Crippen molar-refractivity contribution >= 4 is 28.8 Å². The van der Waals surface area contributed by atoms with E-state index in [9.17, 15) is 17.2 Å². The van der Waals surface area contributed by atoms with Gasteiger partial charge in [-0.05, 0) is 21.1 Å². The third kappa shape index (κ3) is 23.6. The van der Waals surface area contributed by atoms with Crippen molar-refractivity contribution in [3.05, 3.63) is 0 Å². The Morgan fingerprint density at radius 1 is 1.11 bits per heavy atom. The highest BCUT2D eigenvalue weighted by Gasteiger charge is 2.15. The minimum Gasteiger partial charge on any atom is -0.300 e. The maximum Gasteiger partial charge on any atom is 0.404 e. The molecule has 0 aromatic rings. The second-order valence-electron chi connectivity index (χ2n) is 2.72. The second-order valence-corrected chi connectivity index (χ2v) is 8.16. The van der Waals surface area contributed by atoms with Gasteiger partial charge in [-0.2, -0.15) is 0 Å². The molecule has 0 fully saturated rings. The Hall–Kier alpha value is 0.130. The summed E-state index contributed by atoms with van der Waals surface area (Å²) < 4.78 is 53.8. The van der Waals surface area contributed by atoms with Crippen LogP contribution in [0.1, 0.15) is 0 Å². The molecular formula is C7H24N3O6PS2. The molecule has 0 heterocycles. The van der Waals surface area contributed by atoms with Gasteiger partial charge in [0.2, 0.25) is 10.0 Å². The van der Waals surface area contributed by atoms with Crippen LogP contribution in [-0.4, -0.2) is 60.5 Å². The van der Waals surface area contributed by atoms with Crippen LogP contribution in [0.15, 0.2) is 0 Å². The summed E-state index contributed by atoms with van der Waals surface area (Å²) in [6.45, 7) is 0. The fourth-order valence-electron chi connectivity index (χ4n) is 0.257. The molecular weight excluding hydrogens is 317 g/mol. The van der Waals surface area contributed by atoms with Crippen molar-refractivity contribution in [1.29, 1.82) is 0 Å². The Labute approximate surface area is 118 Å². The van der Waals surface area contributed by atoms with Gasteiger partial charge in [0.15, 0.2) is 0 Å². The molecule has 120 valence electrons. The van der Waals surface area contributed by atoms with Gasteiger partial charge < -0.3 is 9.05 Å². The Bertz CT molecular complexity index is 356. The first-order valence-corrected chi connectivity index (χ1v) is 9.80. The van der Waals surface area contributed by atoms with Crippen molar-refractivity contribution in [2.24, 2.45) is 0 Å². The van der Waals surface area contributed by atoms with Gasteiger partial charge in [0.05, 0.1) is 17.2 Å². The third-order valence-corrected chi connectivity index (χ3v) is 4.24. The highest BCUT2D eigenvalue weighted by atomic mass is 32.2. The molecule has 0 spiro atoms. The number of hydrogen-bond donors (Lipinski definition) is 3. The zero-order valence-electron chi connectivity index (χ0n) is 12.2. The molecule has 0 saturated carbocycles. The second kappa shape index (κ2) is 13.1. The van der Waals surface area contributed by atoms with Gasteiger partial charge in [-0.1, -0.05) is 0 Å². The lowest BCUT2D eigenvalue weighted by molar-refractivity contribution is 0.267. The summed E-state index contributed by atoms with van der Waals surface area (Å²) in [4.78, 5) is 0.